The maximum absolute atomic E-state index is 3.57. The summed E-state index contributed by atoms with van der Waals surface area (Å²) in [4.78, 5) is 0. The molecule has 0 saturated heterocycles. The van der Waals surface area contributed by atoms with Crippen LogP contribution in [0.2, 0.25) is 0 Å². The Labute approximate surface area is 134 Å². The van der Waals surface area contributed by atoms with E-state index in [1.165, 1.54) is 37.1 Å². The lowest BCUT2D eigenvalue weighted by Gasteiger charge is -2.29. The Hall–Kier alpha value is -1.96. The monoisotopic (exact) mass is 294 g/mol. The maximum atomic E-state index is 3.57. The van der Waals surface area contributed by atoms with Crippen LogP contribution in [0.3, 0.4) is 0 Å². The Morgan fingerprint density at radius 3 is 1.32 bits per heavy atom. The highest BCUT2D eigenvalue weighted by Gasteiger charge is 2.20. The predicted molar refractivity (Wildman–Crippen MR) is 95.3 cm³/mol. The lowest BCUT2D eigenvalue weighted by molar-refractivity contribution is 0.293. The van der Waals surface area contributed by atoms with Crippen molar-refractivity contribution in [2.24, 2.45) is 11.8 Å². The molecule has 3 rings (SSSR count). The van der Waals surface area contributed by atoms with Crippen LogP contribution >= 0.6 is 0 Å². The summed E-state index contributed by atoms with van der Waals surface area (Å²) in [5, 5.41) is 7.14. The van der Waals surface area contributed by atoms with Crippen molar-refractivity contribution in [3.63, 3.8) is 0 Å². The molecule has 2 heteroatoms. The lowest BCUT2D eigenvalue weighted by atomic mass is 9.82. The van der Waals surface area contributed by atoms with E-state index in [4.69, 9.17) is 0 Å². The summed E-state index contributed by atoms with van der Waals surface area (Å²) >= 11 is 0. The van der Waals surface area contributed by atoms with Crippen LogP contribution in [-0.4, -0.2) is 13.1 Å². The molecule has 0 bridgehead atoms. The first-order valence-electron chi connectivity index (χ1n) is 8.48. The van der Waals surface area contributed by atoms with E-state index in [-0.39, 0.29) is 0 Å². The van der Waals surface area contributed by atoms with Gasteiger partial charge in [0.05, 0.1) is 0 Å². The molecule has 0 amide bonds. The Morgan fingerprint density at radius 2 is 0.955 bits per heavy atom. The second-order valence-electron chi connectivity index (χ2n) is 6.38. The Bertz CT molecular complexity index is 479. The van der Waals surface area contributed by atoms with Crippen LogP contribution in [0.15, 0.2) is 60.7 Å². The summed E-state index contributed by atoms with van der Waals surface area (Å²) in [5.41, 5.74) is 2.49. The molecule has 0 atom stereocenters. The Balaban J connectivity index is 1.35. The highest BCUT2D eigenvalue weighted by molar-refractivity contribution is 5.43. The van der Waals surface area contributed by atoms with E-state index in [0.717, 1.165) is 24.9 Å². The molecular formula is C20H26N2. The van der Waals surface area contributed by atoms with Crippen LogP contribution in [0, 0.1) is 11.8 Å². The largest absolute Gasteiger partial charge is 0.385 e. The van der Waals surface area contributed by atoms with Crippen molar-refractivity contribution in [3.8, 4) is 0 Å². The molecule has 1 saturated carbocycles. The van der Waals surface area contributed by atoms with E-state index in [2.05, 4.69) is 71.3 Å². The molecule has 0 heterocycles. The third kappa shape index (κ3) is 4.52. The number of hydrogen-bond acceptors (Lipinski definition) is 2. The molecule has 0 spiro atoms. The van der Waals surface area contributed by atoms with Crippen LogP contribution in [-0.2, 0) is 0 Å². The fourth-order valence-electron chi connectivity index (χ4n) is 3.28. The van der Waals surface area contributed by atoms with Gasteiger partial charge in [-0.3, -0.25) is 0 Å². The average Bonchev–Trinajstić information content (AvgIpc) is 2.61. The first-order chi connectivity index (χ1) is 10.9. The normalized spacial score (nSPS) is 21.3. The summed E-state index contributed by atoms with van der Waals surface area (Å²) in [6, 6.07) is 21.1. The first-order valence-corrected chi connectivity index (χ1v) is 8.48. The quantitative estimate of drug-likeness (QED) is 0.782. The van der Waals surface area contributed by atoms with Crippen LogP contribution in [0.1, 0.15) is 25.7 Å². The molecular weight excluding hydrogens is 268 g/mol. The van der Waals surface area contributed by atoms with Gasteiger partial charge in [0.2, 0.25) is 0 Å². The van der Waals surface area contributed by atoms with Crippen molar-refractivity contribution in [1.82, 2.24) is 0 Å². The molecule has 2 aromatic rings. The summed E-state index contributed by atoms with van der Waals surface area (Å²) in [5.74, 6) is 1.65. The zero-order valence-electron chi connectivity index (χ0n) is 13.2. The van der Waals surface area contributed by atoms with E-state index in [9.17, 15) is 0 Å². The maximum Gasteiger partial charge on any atom is 0.0340 e. The van der Waals surface area contributed by atoms with Crippen molar-refractivity contribution in [1.29, 1.82) is 0 Å². The zero-order chi connectivity index (χ0) is 15.0. The number of benzene rings is 2. The van der Waals surface area contributed by atoms with E-state index in [0.29, 0.717) is 0 Å². The van der Waals surface area contributed by atoms with Gasteiger partial charge in [0.25, 0.3) is 0 Å². The summed E-state index contributed by atoms with van der Waals surface area (Å²) in [7, 11) is 0. The molecule has 22 heavy (non-hydrogen) atoms. The number of para-hydroxylation sites is 2. The second kappa shape index (κ2) is 7.88. The molecule has 0 radical (unpaired) electrons. The van der Waals surface area contributed by atoms with Crippen molar-refractivity contribution >= 4 is 11.4 Å². The van der Waals surface area contributed by atoms with Gasteiger partial charge in [-0.05, 0) is 61.8 Å². The SMILES string of the molecule is c1ccc(NCC2CCC(CNc3ccccc3)CC2)cc1. The van der Waals surface area contributed by atoms with E-state index in [1.807, 2.05) is 0 Å². The van der Waals surface area contributed by atoms with Crippen LogP contribution in [0.25, 0.3) is 0 Å². The van der Waals surface area contributed by atoms with Crippen LogP contribution in [0.5, 0.6) is 0 Å². The molecule has 2 aromatic carbocycles. The smallest absolute Gasteiger partial charge is 0.0340 e. The Kier molecular flexibility index (Phi) is 5.36. The highest BCUT2D eigenvalue weighted by Crippen LogP contribution is 2.29. The van der Waals surface area contributed by atoms with Gasteiger partial charge in [0.15, 0.2) is 0 Å². The molecule has 2 N–H and O–H groups in total. The fourth-order valence-corrected chi connectivity index (χ4v) is 3.28. The van der Waals surface area contributed by atoms with Crippen molar-refractivity contribution in [3.05, 3.63) is 60.7 Å². The van der Waals surface area contributed by atoms with Gasteiger partial charge in [-0.2, -0.15) is 0 Å². The van der Waals surface area contributed by atoms with Gasteiger partial charge in [0.1, 0.15) is 0 Å². The van der Waals surface area contributed by atoms with E-state index in [1.54, 1.807) is 0 Å². The topological polar surface area (TPSA) is 24.1 Å². The van der Waals surface area contributed by atoms with Gasteiger partial charge in [-0.25, -0.2) is 0 Å². The van der Waals surface area contributed by atoms with E-state index >= 15 is 0 Å². The number of hydrogen-bond donors (Lipinski definition) is 2. The molecule has 0 aromatic heterocycles. The molecule has 1 fully saturated rings. The van der Waals surface area contributed by atoms with Gasteiger partial charge in [-0.15, -0.1) is 0 Å². The highest BCUT2D eigenvalue weighted by atomic mass is 14.9. The first kappa shape index (κ1) is 15.0. The number of rotatable bonds is 6. The second-order valence-corrected chi connectivity index (χ2v) is 6.38. The summed E-state index contributed by atoms with van der Waals surface area (Å²) in [6.45, 7) is 2.23. The van der Waals surface area contributed by atoms with Gasteiger partial charge < -0.3 is 10.6 Å². The molecule has 1 aliphatic rings. The average molecular weight is 294 g/mol. The van der Waals surface area contributed by atoms with Gasteiger partial charge in [0, 0.05) is 24.5 Å². The third-order valence-electron chi connectivity index (χ3n) is 4.70. The van der Waals surface area contributed by atoms with Gasteiger partial charge in [-0.1, -0.05) is 36.4 Å². The van der Waals surface area contributed by atoms with Crippen LogP contribution < -0.4 is 10.6 Å². The van der Waals surface area contributed by atoms with E-state index < -0.39 is 0 Å². The number of anilines is 2. The van der Waals surface area contributed by atoms with Crippen LogP contribution in [0.4, 0.5) is 11.4 Å². The minimum atomic E-state index is 0.827. The summed E-state index contributed by atoms with van der Waals surface area (Å²) in [6.07, 6.45) is 5.39. The van der Waals surface area contributed by atoms with Crippen molar-refractivity contribution < 1.29 is 0 Å². The van der Waals surface area contributed by atoms with Gasteiger partial charge >= 0.3 is 0 Å². The fraction of sp³-hybridized carbons (Fsp3) is 0.400. The third-order valence-corrected chi connectivity index (χ3v) is 4.70. The standard InChI is InChI=1S/C20H26N2/c1-3-7-19(8-4-1)21-15-17-11-13-18(14-12-17)16-22-20-9-5-2-6-10-20/h1-10,17-18,21-22H,11-16H2. The Morgan fingerprint density at radius 1 is 0.591 bits per heavy atom. The minimum Gasteiger partial charge on any atom is -0.385 e. The van der Waals surface area contributed by atoms with Crippen molar-refractivity contribution in [2.75, 3.05) is 23.7 Å². The van der Waals surface area contributed by atoms with Crippen molar-refractivity contribution in [2.45, 2.75) is 25.7 Å². The molecule has 1 aliphatic carbocycles. The molecule has 0 aliphatic heterocycles. The predicted octanol–water partition coefficient (Wildman–Crippen LogP) is 5.02. The molecule has 0 unspecified atom stereocenters. The minimum absolute atomic E-state index is 0.827. The molecule has 116 valence electrons. The number of nitrogens with one attached hydrogen (secondary N) is 2. The summed E-state index contributed by atoms with van der Waals surface area (Å²) < 4.78 is 0. The lowest BCUT2D eigenvalue weighted by Crippen LogP contribution is -2.25. The molecule has 2 nitrogen and oxygen atoms in total. The zero-order valence-corrected chi connectivity index (χ0v) is 13.2.